The van der Waals surface area contributed by atoms with E-state index in [0.717, 1.165) is 17.1 Å². The molecule has 12 heteroatoms. The van der Waals surface area contributed by atoms with Gasteiger partial charge in [-0.2, -0.15) is 5.10 Å². The van der Waals surface area contributed by atoms with Gasteiger partial charge >= 0.3 is 11.9 Å². The number of nitro benzene ring substituents is 1. The number of nitro groups is 1. The van der Waals surface area contributed by atoms with E-state index in [1.807, 2.05) is 38.1 Å². The molecule has 0 saturated carbocycles. The first-order chi connectivity index (χ1) is 20.1. The maximum absolute atomic E-state index is 12.5. The van der Waals surface area contributed by atoms with Crippen molar-refractivity contribution in [2.45, 2.75) is 40.4 Å². The number of hydrogen-bond donors (Lipinski definition) is 1. The number of nitrogens with one attached hydrogen (secondary N) is 1. The van der Waals surface area contributed by atoms with E-state index in [1.54, 1.807) is 19.9 Å². The van der Waals surface area contributed by atoms with E-state index in [-0.39, 0.29) is 35.5 Å². The van der Waals surface area contributed by atoms with E-state index < -0.39 is 23.4 Å². The van der Waals surface area contributed by atoms with Crippen LogP contribution in [-0.2, 0) is 16.1 Å². The third-order valence-electron chi connectivity index (χ3n) is 5.92. The first-order valence-electron chi connectivity index (χ1n) is 13.0. The first-order valence-corrected chi connectivity index (χ1v) is 13.0. The van der Waals surface area contributed by atoms with Crippen molar-refractivity contribution >= 4 is 23.8 Å². The summed E-state index contributed by atoms with van der Waals surface area (Å²) >= 11 is 0. The Bertz CT molecular complexity index is 1580. The van der Waals surface area contributed by atoms with Crippen LogP contribution in [0.5, 0.6) is 11.5 Å². The highest BCUT2D eigenvalue weighted by atomic mass is 16.6. The fraction of sp³-hybridized carbons (Fsp3) is 0.233. The lowest BCUT2D eigenvalue weighted by Crippen LogP contribution is -2.19. The summed E-state index contributed by atoms with van der Waals surface area (Å²) in [5.74, 6) is -0.0485. The average Bonchev–Trinajstić information content (AvgIpc) is 3.57. The maximum atomic E-state index is 12.5. The van der Waals surface area contributed by atoms with E-state index >= 15 is 0 Å². The number of hydrazone groups is 1. The Labute approximate surface area is 241 Å². The van der Waals surface area contributed by atoms with Crippen molar-refractivity contribution < 1.29 is 33.1 Å². The summed E-state index contributed by atoms with van der Waals surface area (Å²) in [6.07, 6.45) is 0.847. The SMILES string of the molecule is Cc1ccc(C)n1-c1ccc(OCc2ccc(C(=O)N/N=C/c3cc([N+](=O)[O-])ccc3OCC(=O)OC(C)C)o2)cc1. The van der Waals surface area contributed by atoms with Crippen LogP contribution in [0.3, 0.4) is 0 Å². The van der Waals surface area contributed by atoms with E-state index in [2.05, 4.69) is 27.2 Å². The van der Waals surface area contributed by atoms with Gasteiger partial charge in [-0.15, -0.1) is 0 Å². The normalized spacial score (nSPS) is 11.1. The number of benzene rings is 2. The largest absolute Gasteiger partial charge is 0.486 e. The van der Waals surface area contributed by atoms with Crippen molar-refractivity contribution in [2.24, 2.45) is 5.10 Å². The molecule has 0 spiro atoms. The summed E-state index contributed by atoms with van der Waals surface area (Å²) in [7, 11) is 0. The smallest absolute Gasteiger partial charge is 0.344 e. The van der Waals surface area contributed by atoms with Crippen molar-refractivity contribution in [3.63, 3.8) is 0 Å². The molecule has 4 aromatic rings. The Balaban J connectivity index is 1.34. The summed E-state index contributed by atoms with van der Waals surface area (Å²) < 4.78 is 24.0. The summed E-state index contributed by atoms with van der Waals surface area (Å²) in [5, 5.41) is 15.1. The highest BCUT2D eigenvalue weighted by molar-refractivity contribution is 5.93. The third kappa shape index (κ3) is 7.62. The fourth-order valence-electron chi connectivity index (χ4n) is 4.03. The van der Waals surface area contributed by atoms with Crippen molar-refractivity contribution in [1.82, 2.24) is 9.99 Å². The van der Waals surface area contributed by atoms with Gasteiger partial charge in [-0.25, -0.2) is 10.2 Å². The topological polar surface area (TPSA) is 147 Å². The maximum Gasteiger partial charge on any atom is 0.344 e. The molecule has 1 N–H and O–H groups in total. The number of rotatable bonds is 12. The quantitative estimate of drug-likeness (QED) is 0.104. The summed E-state index contributed by atoms with van der Waals surface area (Å²) in [6.45, 7) is 7.18. The van der Waals surface area contributed by atoms with Gasteiger partial charge in [0.2, 0.25) is 0 Å². The zero-order valence-corrected chi connectivity index (χ0v) is 23.5. The number of esters is 1. The van der Waals surface area contributed by atoms with Crippen LogP contribution in [0.2, 0.25) is 0 Å². The van der Waals surface area contributed by atoms with E-state index in [1.165, 1.54) is 30.5 Å². The molecule has 218 valence electrons. The zero-order valence-electron chi connectivity index (χ0n) is 23.5. The molecule has 0 atom stereocenters. The van der Waals surface area contributed by atoms with E-state index in [9.17, 15) is 19.7 Å². The average molecular weight is 575 g/mol. The van der Waals surface area contributed by atoms with Gasteiger partial charge in [-0.1, -0.05) is 0 Å². The van der Waals surface area contributed by atoms with Crippen molar-refractivity contribution in [3.8, 4) is 17.2 Å². The Morgan fingerprint density at radius 1 is 1.02 bits per heavy atom. The molecular weight excluding hydrogens is 544 g/mol. The monoisotopic (exact) mass is 574 g/mol. The van der Waals surface area contributed by atoms with Crippen LogP contribution in [0.25, 0.3) is 5.69 Å². The van der Waals surface area contributed by atoms with Gasteiger partial charge in [0, 0.05) is 34.8 Å². The van der Waals surface area contributed by atoms with Gasteiger partial charge in [0.1, 0.15) is 23.9 Å². The number of carbonyl (C=O) groups excluding carboxylic acids is 2. The molecule has 0 bridgehead atoms. The molecule has 0 aliphatic heterocycles. The minimum absolute atomic E-state index is 0.00778. The Hall–Kier alpha value is -5.39. The number of nitrogens with zero attached hydrogens (tertiary/aromatic N) is 3. The van der Waals surface area contributed by atoms with Gasteiger partial charge < -0.3 is 23.2 Å². The molecule has 0 radical (unpaired) electrons. The number of furan rings is 1. The van der Waals surface area contributed by atoms with Gasteiger partial charge in [-0.3, -0.25) is 14.9 Å². The van der Waals surface area contributed by atoms with Gasteiger partial charge in [0.25, 0.3) is 5.69 Å². The Morgan fingerprint density at radius 2 is 1.74 bits per heavy atom. The lowest BCUT2D eigenvalue weighted by Gasteiger charge is -2.11. The second kappa shape index (κ2) is 13.3. The van der Waals surface area contributed by atoms with Gasteiger partial charge in [0.15, 0.2) is 12.4 Å². The molecule has 0 aliphatic rings. The minimum Gasteiger partial charge on any atom is -0.486 e. The standard InChI is InChI=1S/C30H30N4O8/c1-19(2)41-29(35)18-40-27-13-9-24(34(37)38)15-22(27)16-31-32-30(36)28-14-12-26(42-28)17-39-25-10-7-23(8-11-25)33-20(3)5-6-21(33)4/h5-16,19H,17-18H2,1-4H3,(H,32,36)/b31-16+. The molecule has 1 amide bonds. The van der Waals surface area contributed by atoms with Crippen molar-refractivity contribution in [3.05, 3.63) is 105 Å². The molecule has 42 heavy (non-hydrogen) atoms. The highest BCUT2D eigenvalue weighted by Crippen LogP contribution is 2.23. The fourth-order valence-corrected chi connectivity index (χ4v) is 4.03. The number of non-ortho nitro benzene ring substituents is 1. The van der Waals surface area contributed by atoms with E-state index in [0.29, 0.717) is 11.5 Å². The molecule has 2 aromatic carbocycles. The number of carbonyl (C=O) groups is 2. The summed E-state index contributed by atoms with van der Waals surface area (Å²) in [4.78, 5) is 35.0. The molecule has 0 unspecified atom stereocenters. The van der Waals surface area contributed by atoms with Crippen LogP contribution in [0.1, 0.15) is 47.1 Å². The van der Waals surface area contributed by atoms with Crippen LogP contribution in [-0.4, -0.2) is 40.3 Å². The van der Waals surface area contributed by atoms with Crippen LogP contribution >= 0.6 is 0 Å². The number of aromatic nitrogens is 1. The molecule has 2 heterocycles. The second-order valence-corrected chi connectivity index (χ2v) is 9.51. The molecule has 0 aliphatic carbocycles. The highest BCUT2D eigenvalue weighted by Gasteiger charge is 2.15. The Morgan fingerprint density at radius 3 is 2.40 bits per heavy atom. The lowest BCUT2D eigenvalue weighted by atomic mass is 10.2. The van der Waals surface area contributed by atoms with Gasteiger partial charge in [-0.05, 0) is 82.3 Å². The number of hydrogen-bond acceptors (Lipinski definition) is 9. The predicted molar refractivity (Wildman–Crippen MR) is 153 cm³/mol. The molecular formula is C30H30N4O8. The summed E-state index contributed by atoms with van der Waals surface area (Å²) in [6, 6.07) is 18.6. The number of amides is 1. The number of aryl methyl sites for hydroxylation is 2. The third-order valence-corrected chi connectivity index (χ3v) is 5.92. The van der Waals surface area contributed by atoms with Crippen molar-refractivity contribution in [2.75, 3.05) is 6.61 Å². The lowest BCUT2D eigenvalue weighted by molar-refractivity contribution is -0.384. The van der Waals surface area contributed by atoms with E-state index in [4.69, 9.17) is 18.6 Å². The van der Waals surface area contributed by atoms with Crippen LogP contribution in [0, 0.1) is 24.0 Å². The van der Waals surface area contributed by atoms with Gasteiger partial charge in [0.05, 0.1) is 17.2 Å². The van der Waals surface area contributed by atoms with Crippen LogP contribution < -0.4 is 14.9 Å². The molecule has 2 aromatic heterocycles. The molecule has 0 fully saturated rings. The summed E-state index contributed by atoms with van der Waals surface area (Å²) in [5.41, 5.74) is 5.55. The molecule has 0 saturated heterocycles. The second-order valence-electron chi connectivity index (χ2n) is 9.51. The minimum atomic E-state index is -0.646. The first kappa shape index (κ1) is 29.6. The zero-order chi connectivity index (χ0) is 30.2. The van der Waals surface area contributed by atoms with Crippen LogP contribution in [0.4, 0.5) is 5.69 Å². The Kier molecular flexibility index (Phi) is 9.38. The molecule has 4 rings (SSSR count). The predicted octanol–water partition coefficient (Wildman–Crippen LogP) is 5.27. The number of ether oxygens (including phenoxy) is 3. The van der Waals surface area contributed by atoms with Crippen LogP contribution in [0.15, 0.2) is 76.2 Å². The van der Waals surface area contributed by atoms with Crippen molar-refractivity contribution in [1.29, 1.82) is 0 Å². The molecule has 12 nitrogen and oxygen atoms in total.